The summed E-state index contributed by atoms with van der Waals surface area (Å²) in [6.45, 7) is 36.9. The Morgan fingerprint density at radius 3 is 1.08 bits per heavy atom. The van der Waals surface area contributed by atoms with E-state index in [0.717, 1.165) is 183 Å². The largest absolute Gasteiger partial charge is 0.447 e. The maximum absolute atomic E-state index is 12.6. The SMILES string of the molecule is CC(=O)NCC1COC(=O)N1c1cc(-c2cccc(C)n2)nc(Cc2ccnc(C)c2)n1.Cc1cc(Cc2nc(-c3cccc(C)n3)nc(N(C)CC(C)(C)O)n2)ccn1.Cc1cc(Cc2nc(-c3cccc(C)n3)nc(N3CCN(C)CC3)n2)ccn1.Cc1cc(Cc2nc(-c3cccc(C)n3)nc(N3CCN(C)CC3)n2)ccn1.Cc1cc(Cc2nc(NCC(C)(C)O)cc(-c3cccc(C)n3)n2)ccn1. The highest BCUT2D eigenvalue weighted by Gasteiger charge is 2.37. The number of ether oxygens (including phenoxy) is 1. The van der Waals surface area contributed by atoms with Crippen molar-refractivity contribution in [2.24, 2.45) is 0 Å². The standard InChI is InChI=1S/C23H24N6O3.2C21H25N7.C21H26N6O.C21H25N5O/c1-14-5-4-6-19(26-14)20-11-22(29-18(12-25-16(3)30)13-32-23(29)31)28-21(27-20)10-17-7-8-24-15(2)9-17;2*1-15-5-4-6-18(23-15)20-24-19(14-17-7-8-22-16(2)13-17)25-21(26-20)28-11-9-27(3)10-12-28;1-14-7-6-8-17(23-14)19-24-18(12-16-9-10-22-15(2)11-16)25-20(26-19)27(5)13-21(3,4)28;1-14-6-5-7-17(24-14)18-12-19(23-13-21(3,4)27)26-20(25-18)11-16-8-9-22-15(2)10-16/h4-9,11,18H,10,12-13H2,1-3H3,(H,25,30);2*4-8,13H,9-12,14H2,1-3H3;6-11,28H,12-13H2,1-5H3;5-10,12,27H,11,13H2,1-4H3,(H,23,25,26). The van der Waals surface area contributed by atoms with Crippen LogP contribution >= 0.6 is 0 Å². The average Bonchev–Trinajstić information content (AvgIpc) is 1.72. The number of carbonyl (C=O) groups is 2. The molecule has 3 saturated heterocycles. The summed E-state index contributed by atoms with van der Waals surface area (Å²) in [5.41, 5.74) is 18.3. The molecule has 15 aromatic heterocycles. The molecule has 1 atom stereocenters. The predicted molar refractivity (Wildman–Crippen MR) is 552 cm³/mol. The minimum Gasteiger partial charge on any atom is -0.447 e. The van der Waals surface area contributed by atoms with Gasteiger partial charge in [0.1, 0.15) is 64.4 Å². The van der Waals surface area contributed by atoms with Crippen molar-refractivity contribution in [1.82, 2.24) is 130 Å². The van der Waals surface area contributed by atoms with Crippen LogP contribution in [0.25, 0.3) is 57.3 Å². The first-order chi connectivity index (χ1) is 68.5. The molecule has 0 bridgehead atoms. The Hall–Kier alpha value is -15.5. The second-order valence-electron chi connectivity index (χ2n) is 37.4. The van der Waals surface area contributed by atoms with Crippen LogP contribution in [0.5, 0.6) is 0 Å². The van der Waals surface area contributed by atoms with Crippen molar-refractivity contribution in [3.8, 4) is 57.3 Å². The number of aromatic nitrogens is 23. The molecule has 0 spiro atoms. The fraction of sp³-hybridized carbons (Fsp3) is 0.355. The number of carbonyl (C=O) groups excluding carboxylic acids is 2. The Kier molecular flexibility index (Phi) is 34.7. The summed E-state index contributed by atoms with van der Waals surface area (Å²) in [6, 6.07) is 52.5. The van der Waals surface area contributed by atoms with Crippen LogP contribution in [0.15, 0.2) is 195 Å². The minimum atomic E-state index is -0.870. The quantitative estimate of drug-likeness (QED) is 0.0391. The zero-order valence-electron chi connectivity index (χ0n) is 84.7. The van der Waals surface area contributed by atoms with Gasteiger partial charge in [0.05, 0.1) is 40.0 Å². The van der Waals surface area contributed by atoms with Crippen LogP contribution in [-0.2, 0) is 41.6 Å². The van der Waals surface area contributed by atoms with Crippen molar-refractivity contribution < 1.29 is 24.5 Å². The third-order valence-corrected chi connectivity index (χ3v) is 22.8. The zero-order chi connectivity index (χ0) is 101. The fourth-order valence-electron chi connectivity index (χ4n) is 15.9. The first kappa shape index (κ1) is 103. The smallest absolute Gasteiger partial charge is 0.416 e. The normalized spacial score (nSPS) is 13.8. The first-order valence-electron chi connectivity index (χ1n) is 47.8. The monoisotopic (exact) mass is 1920 g/mol. The van der Waals surface area contributed by atoms with Crippen LogP contribution in [-0.4, -0.2) is 264 Å². The number of piperazine rings is 2. The maximum atomic E-state index is 12.6. The van der Waals surface area contributed by atoms with Crippen molar-refractivity contribution in [2.75, 3.05) is 125 Å². The molecule has 4 N–H and O–H groups in total. The molecular formula is C107H125N31O5. The Balaban J connectivity index is 0.000000142. The van der Waals surface area contributed by atoms with Crippen molar-refractivity contribution >= 4 is 41.5 Å². The number of amides is 2. The summed E-state index contributed by atoms with van der Waals surface area (Å²) in [5.74, 6) is 8.09. The predicted octanol–water partition coefficient (Wildman–Crippen LogP) is 13.2. The number of rotatable bonds is 26. The summed E-state index contributed by atoms with van der Waals surface area (Å²) in [4.78, 5) is 142. The second-order valence-corrected chi connectivity index (χ2v) is 37.4. The topological polar surface area (TPSA) is 424 Å². The summed E-state index contributed by atoms with van der Waals surface area (Å²) in [5, 5.41) is 26.1. The summed E-state index contributed by atoms with van der Waals surface area (Å²) in [7, 11) is 6.15. The summed E-state index contributed by atoms with van der Waals surface area (Å²) < 4.78 is 5.25. The molecule has 3 fully saturated rings. The molecule has 738 valence electrons. The van der Waals surface area contributed by atoms with E-state index in [1.165, 1.54) is 11.8 Å². The molecule has 3 aliphatic heterocycles. The Labute approximate surface area is 835 Å². The lowest BCUT2D eigenvalue weighted by atomic mass is 10.1. The average molecular weight is 1930 g/mol. The maximum Gasteiger partial charge on any atom is 0.416 e. The minimum absolute atomic E-state index is 0.167. The van der Waals surface area contributed by atoms with E-state index in [2.05, 4.69) is 131 Å². The molecular weight excluding hydrogens is 1800 g/mol. The molecule has 2 amide bonds. The number of nitrogens with one attached hydrogen (secondary N) is 2. The molecule has 0 radical (unpaired) electrons. The van der Waals surface area contributed by atoms with Gasteiger partial charge >= 0.3 is 6.09 Å². The lowest BCUT2D eigenvalue weighted by Gasteiger charge is -2.32. The molecule has 0 saturated carbocycles. The highest BCUT2D eigenvalue weighted by atomic mass is 16.6. The lowest BCUT2D eigenvalue weighted by molar-refractivity contribution is -0.119. The fourth-order valence-corrected chi connectivity index (χ4v) is 15.9. The van der Waals surface area contributed by atoms with Crippen molar-refractivity contribution in [1.29, 1.82) is 0 Å². The second kappa shape index (κ2) is 48.1. The van der Waals surface area contributed by atoms with Crippen LogP contribution in [0.3, 0.4) is 0 Å². The van der Waals surface area contributed by atoms with E-state index in [-0.39, 0.29) is 25.1 Å². The zero-order valence-corrected chi connectivity index (χ0v) is 84.7. The molecule has 15 aromatic rings. The van der Waals surface area contributed by atoms with Crippen LogP contribution in [0.2, 0.25) is 0 Å². The van der Waals surface area contributed by atoms with E-state index < -0.39 is 17.3 Å². The number of hydrogen-bond donors (Lipinski definition) is 4. The van der Waals surface area contributed by atoms with E-state index in [4.69, 9.17) is 44.6 Å². The van der Waals surface area contributed by atoms with Gasteiger partial charge in [0.15, 0.2) is 17.5 Å². The number of likely N-dealkylation sites (N-methyl/N-ethyl adjacent to an activating group) is 3. The number of aryl methyl sites for hydroxylation is 10. The number of pyridine rings is 10. The molecule has 36 heteroatoms. The van der Waals surface area contributed by atoms with Crippen LogP contribution in [0.4, 0.5) is 34.3 Å². The third-order valence-electron chi connectivity index (χ3n) is 22.8. The number of cyclic esters (lactones) is 1. The summed E-state index contributed by atoms with van der Waals surface area (Å²) >= 11 is 0. The van der Waals surface area contributed by atoms with E-state index in [1.54, 1.807) is 52.4 Å². The van der Waals surface area contributed by atoms with E-state index in [9.17, 15) is 19.8 Å². The first-order valence-corrected chi connectivity index (χ1v) is 47.8. The van der Waals surface area contributed by atoms with E-state index >= 15 is 0 Å². The van der Waals surface area contributed by atoms with Crippen molar-refractivity contribution in [3.05, 3.63) is 309 Å². The van der Waals surface area contributed by atoms with Crippen LogP contribution < -0.4 is 30.2 Å². The molecule has 0 aliphatic carbocycles. The highest BCUT2D eigenvalue weighted by Crippen LogP contribution is 2.30. The molecule has 36 nitrogen and oxygen atoms in total. The van der Waals surface area contributed by atoms with Crippen molar-refractivity contribution in [2.45, 2.75) is 153 Å². The number of hydrogen-bond acceptors (Lipinski definition) is 34. The third kappa shape index (κ3) is 31.5. The molecule has 3 aliphatic rings. The number of aliphatic hydroxyl groups is 2. The molecule has 1 unspecified atom stereocenters. The van der Waals surface area contributed by atoms with Gasteiger partial charge in [-0.3, -0.25) is 44.6 Å². The molecule has 18 heterocycles. The van der Waals surface area contributed by atoms with Crippen LogP contribution in [0, 0.1) is 69.2 Å². The van der Waals surface area contributed by atoms with Gasteiger partial charge in [-0.05, 0) is 260 Å². The van der Waals surface area contributed by atoms with E-state index in [1.807, 2.05) is 239 Å². The Bertz CT molecular complexity index is 6730. The van der Waals surface area contributed by atoms with Gasteiger partial charge < -0.3 is 50.1 Å². The van der Waals surface area contributed by atoms with Crippen LogP contribution in [0.1, 0.15) is 148 Å². The number of anilines is 5. The Morgan fingerprint density at radius 1 is 0.385 bits per heavy atom. The van der Waals surface area contributed by atoms with Gasteiger partial charge in [0, 0.05) is 218 Å². The summed E-state index contributed by atoms with van der Waals surface area (Å²) in [6.07, 6.45) is 11.4. The highest BCUT2D eigenvalue weighted by molar-refractivity contribution is 5.90. The Morgan fingerprint density at radius 2 is 0.727 bits per heavy atom. The lowest BCUT2D eigenvalue weighted by Crippen LogP contribution is -2.45. The molecule has 0 aromatic carbocycles. The van der Waals surface area contributed by atoms with Gasteiger partial charge in [-0.1, -0.05) is 30.3 Å². The number of nitrogens with zero attached hydrogens (tertiary/aromatic N) is 29. The van der Waals surface area contributed by atoms with Gasteiger partial charge in [0.2, 0.25) is 23.8 Å². The van der Waals surface area contributed by atoms with Gasteiger partial charge in [-0.15, -0.1) is 0 Å². The van der Waals surface area contributed by atoms with Gasteiger partial charge in [-0.2, -0.15) is 29.9 Å². The molecule has 143 heavy (non-hydrogen) atoms. The van der Waals surface area contributed by atoms with Gasteiger partial charge in [-0.25, -0.2) is 54.6 Å². The van der Waals surface area contributed by atoms with Gasteiger partial charge in [0.25, 0.3) is 0 Å². The van der Waals surface area contributed by atoms with E-state index in [0.29, 0.717) is 115 Å². The van der Waals surface area contributed by atoms with Crippen molar-refractivity contribution in [3.63, 3.8) is 0 Å². The molecule has 18 rings (SSSR count).